The van der Waals surface area contributed by atoms with E-state index < -0.39 is 5.97 Å². The van der Waals surface area contributed by atoms with Crippen molar-refractivity contribution in [2.45, 2.75) is 18.8 Å². The molecule has 3 nitrogen and oxygen atoms in total. The molecule has 0 amide bonds. The maximum Gasteiger partial charge on any atom is 0.280 e. The topological polar surface area (TPSA) is 38.7 Å². The van der Waals surface area contributed by atoms with Gasteiger partial charge in [0, 0.05) is 13.5 Å². The first-order valence-corrected chi connectivity index (χ1v) is 2.68. The first-order valence-electron chi connectivity index (χ1n) is 2.68. The molecule has 3 heteroatoms. The average molecular weight is 118 g/mol. The summed E-state index contributed by atoms with van der Waals surface area (Å²) in [5.41, 5.74) is 0. The molecule has 8 heavy (non-hydrogen) atoms. The van der Waals surface area contributed by atoms with Crippen LogP contribution in [0.1, 0.15) is 12.8 Å². The summed E-state index contributed by atoms with van der Waals surface area (Å²) in [6.45, 7) is 0.602. The highest BCUT2D eigenvalue weighted by Crippen LogP contribution is 2.22. The Balaban J connectivity index is 2.40. The van der Waals surface area contributed by atoms with Gasteiger partial charge in [0.25, 0.3) is 5.97 Å². The van der Waals surface area contributed by atoms with E-state index in [0.717, 1.165) is 6.42 Å². The fourth-order valence-corrected chi connectivity index (χ4v) is 0.760. The molecule has 0 bridgehead atoms. The molecule has 0 aromatic rings. The highest BCUT2D eigenvalue weighted by Gasteiger charge is 2.31. The Morgan fingerprint density at radius 2 is 2.50 bits per heavy atom. The Bertz CT molecular complexity index is 75.7. The quantitative estimate of drug-likeness (QED) is 0.496. The van der Waals surface area contributed by atoms with Crippen molar-refractivity contribution in [3.63, 3.8) is 0 Å². The second-order valence-electron chi connectivity index (χ2n) is 1.87. The lowest BCUT2D eigenvalue weighted by molar-refractivity contribution is -0.327. The van der Waals surface area contributed by atoms with E-state index in [0.29, 0.717) is 13.0 Å². The van der Waals surface area contributed by atoms with E-state index in [2.05, 4.69) is 4.74 Å². The normalized spacial score (nSPS) is 38.2. The lowest BCUT2D eigenvalue weighted by Gasteiger charge is -2.17. The molecule has 1 fully saturated rings. The monoisotopic (exact) mass is 118 g/mol. The van der Waals surface area contributed by atoms with E-state index in [4.69, 9.17) is 9.84 Å². The smallest absolute Gasteiger partial charge is 0.280 e. The summed E-state index contributed by atoms with van der Waals surface area (Å²) in [5, 5.41) is 9.06. The third-order valence-electron chi connectivity index (χ3n) is 1.28. The van der Waals surface area contributed by atoms with Crippen molar-refractivity contribution < 1.29 is 14.6 Å². The van der Waals surface area contributed by atoms with Gasteiger partial charge in [0.05, 0.1) is 6.61 Å². The lowest BCUT2D eigenvalue weighted by atomic mass is 10.3. The first-order chi connectivity index (χ1) is 3.77. The zero-order valence-corrected chi connectivity index (χ0v) is 4.89. The number of hydrogen-bond acceptors (Lipinski definition) is 3. The van der Waals surface area contributed by atoms with E-state index in [-0.39, 0.29) is 0 Å². The highest BCUT2D eigenvalue weighted by atomic mass is 16.8. The van der Waals surface area contributed by atoms with Crippen LogP contribution in [0.3, 0.4) is 0 Å². The summed E-state index contributed by atoms with van der Waals surface area (Å²) in [4.78, 5) is 0. The molecule has 0 spiro atoms. The van der Waals surface area contributed by atoms with Crippen molar-refractivity contribution in [1.29, 1.82) is 0 Å². The van der Waals surface area contributed by atoms with Crippen molar-refractivity contribution in [3.05, 3.63) is 0 Å². The Kier molecular flexibility index (Phi) is 1.51. The third kappa shape index (κ3) is 0.992. The van der Waals surface area contributed by atoms with Gasteiger partial charge in [0.2, 0.25) is 0 Å². The predicted molar refractivity (Wildman–Crippen MR) is 27.1 cm³/mol. The van der Waals surface area contributed by atoms with E-state index in [9.17, 15) is 0 Å². The molecule has 0 aliphatic carbocycles. The molecule has 0 aromatic heterocycles. The van der Waals surface area contributed by atoms with Crippen LogP contribution in [-0.2, 0) is 9.47 Å². The Labute approximate surface area is 48.2 Å². The first kappa shape index (κ1) is 6.01. The van der Waals surface area contributed by atoms with Gasteiger partial charge in [0.1, 0.15) is 0 Å². The minimum Gasteiger partial charge on any atom is -0.343 e. The maximum atomic E-state index is 9.06. The van der Waals surface area contributed by atoms with Gasteiger partial charge in [0.15, 0.2) is 0 Å². The molecule has 1 N–H and O–H groups in total. The van der Waals surface area contributed by atoms with Crippen LogP contribution in [0.25, 0.3) is 0 Å². The SMILES string of the molecule is COC1(O)CCCO1. The molecule has 0 aromatic carbocycles. The predicted octanol–water partition coefficient (Wildman–Crippen LogP) is 0.0893. The number of ether oxygens (including phenoxy) is 2. The molecule has 1 heterocycles. The minimum absolute atomic E-state index is 0.587. The summed E-state index contributed by atoms with van der Waals surface area (Å²) in [6.07, 6.45) is 1.47. The second-order valence-corrected chi connectivity index (χ2v) is 1.87. The zero-order valence-electron chi connectivity index (χ0n) is 4.89. The molecule has 1 atom stereocenters. The maximum absolute atomic E-state index is 9.06. The van der Waals surface area contributed by atoms with Crippen LogP contribution in [0.2, 0.25) is 0 Å². The molecule has 48 valence electrons. The average Bonchev–Trinajstić information content (AvgIpc) is 2.17. The van der Waals surface area contributed by atoms with Crippen LogP contribution in [-0.4, -0.2) is 24.8 Å². The fourth-order valence-electron chi connectivity index (χ4n) is 0.760. The van der Waals surface area contributed by atoms with Crippen molar-refractivity contribution in [2.75, 3.05) is 13.7 Å². The van der Waals surface area contributed by atoms with Crippen LogP contribution >= 0.6 is 0 Å². The molecule has 1 aliphatic heterocycles. The van der Waals surface area contributed by atoms with Crippen LogP contribution in [0.4, 0.5) is 0 Å². The summed E-state index contributed by atoms with van der Waals surface area (Å²) in [5.74, 6) is -1.26. The highest BCUT2D eigenvalue weighted by molar-refractivity contribution is 4.60. The van der Waals surface area contributed by atoms with Gasteiger partial charge in [-0.15, -0.1) is 0 Å². The minimum atomic E-state index is -1.26. The molecule has 1 aliphatic rings. The Hall–Kier alpha value is -0.120. The van der Waals surface area contributed by atoms with E-state index in [1.807, 2.05) is 0 Å². The number of aliphatic hydroxyl groups is 1. The van der Waals surface area contributed by atoms with Crippen LogP contribution < -0.4 is 0 Å². The van der Waals surface area contributed by atoms with Gasteiger partial charge < -0.3 is 14.6 Å². The second kappa shape index (κ2) is 2.01. The van der Waals surface area contributed by atoms with Gasteiger partial charge in [-0.25, -0.2) is 0 Å². The summed E-state index contributed by atoms with van der Waals surface area (Å²) in [7, 11) is 1.44. The molecule has 0 radical (unpaired) electrons. The van der Waals surface area contributed by atoms with E-state index in [1.165, 1.54) is 7.11 Å². The van der Waals surface area contributed by atoms with Crippen molar-refractivity contribution in [3.8, 4) is 0 Å². The van der Waals surface area contributed by atoms with Crippen LogP contribution in [0.5, 0.6) is 0 Å². The van der Waals surface area contributed by atoms with Gasteiger partial charge >= 0.3 is 0 Å². The van der Waals surface area contributed by atoms with Crippen LogP contribution in [0, 0.1) is 0 Å². The lowest BCUT2D eigenvalue weighted by Crippen LogP contribution is -2.28. The molecular formula is C5H10O3. The fraction of sp³-hybridized carbons (Fsp3) is 1.00. The Morgan fingerprint density at radius 3 is 2.75 bits per heavy atom. The van der Waals surface area contributed by atoms with Crippen molar-refractivity contribution >= 4 is 0 Å². The van der Waals surface area contributed by atoms with E-state index >= 15 is 0 Å². The van der Waals surface area contributed by atoms with Crippen molar-refractivity contribution in [2.24, 2.45) is 0 Å². The van der Waals surface area contributed by atoms with Crippen molar-refractivity contribution in [1.82, 2.24) is 0 Å². The summed E-state index contributed by atoms with van der Waals surface area (Å²) >= 11 is 0. The number of methoxy groups -OCH3 is 1. The van der Waals surface area contributed by atoms with E-state index in [1.54, 1.807) is 0 Å². The van der Waals surface area contributed by atoms with Gasteiger partial charge in [-0.05, 0) is 6.42 Å². The summed E-state index contributed by atoms with van der Waals surface area (Å²) < 4.78 is 9.45. The molecule has 1 rings (SSSR count). The molecule has 1 unspecified atom stereocenters. The largest absolute Gasteiger partial charge is 0.343 e. The number of hydrogen-bond donors (Lipinski definition) is 1. The zero-order chi connectivity index (χ0) is 6.04. The third-order valence-corrected chi connectivity index (χ3v) is 1.28. The van der Waals surface area contributed by atoms with Gasteiger partial charge in [-0.2, -0.15) is 0 Å². The standard InChI is InChI=1S/C5H10O3/c1-7-5(6)3-2-4-8-5/h6H,2-4H2,1H3. The van der Waals surface area contributed by atoms with Gasteiger partial charge in [-0.3, -0.25) is 0 Å². The van der Waals surface area contributed by atoms with Crippen LogP contribution in [0.15, 0.2) is 0 Å². The Morgan fingerprint density at radius 1 is 1.75 bits per heavy atom. The van der Waals surface area contributed by atoms with Gasteiger partial charge in [-0.1, -0.05) is 0 Å². The molecule has 1 saturated heterocycles. The number of rotatable bonds is 1. The summed E-state index contributed by atoms with van der Waals surface area (Å²) in [6, 6.07) is 0. The molecular weight excluding hydrogens is 108 g/mol. The molecule has 0 saturated carbocycles.